The Bertz CT molecular complexity index is 392. The number of esters is 1. The molecule has 1 atom stereocenters. The van der Waals surface area contributed by atoms with Crippen LogP contribution in [0.2, 0.25) is 0 Å². The zero-order valence-corrected chi connectivity index (χ0v) is 9.77. The third-order valence-corrected chi connectivity index (χ3v) is 2.12. The zero-order chi connectivity index (χ0) is 12.8. The van der Waals surface area contributed by atoms with Gasteiger partial charge in [-0.05, 0) is 32.0 Å². The van der Waals surface area contributed by atoms with Crippen LogP contribution in [0.5, 0.6) is 5.75 Å². The minimum absolute atomic E-state index is 0.267. The molecule has 94 valence electrons. The van der Waals surface area contributed by atoms with E-state index in [4.69, 9.17) is 14.6 Å². The molecule has 0 aliphatic heterocycles. The van der Waals surface area contributed by atoms with Gasteiger partial charge >= 0.3 is 5.97 Å². The molecule has 0 saturated heterocycles. The average molecular weight is 242 g/mol. The van der Waals surface area contributed by atoms with Crippen LogP contribution in [0.15, 0.2) is 18.2 Å². The third kappa shape index (κ3) is 3.71. The number of rotatable bonds is 5. The summed E-state index contributed by atoms with van der Waals surface area (Å²) in [6.07, 6.45) is -0.800. The highest BCUT2D eigenvalue weighted by Gasteiger charge is 2.17. The van der Waals surface area contributed by atoms with Crippen LogP contribution in [0, 0.1) is 5.82 Å². The Balaban J connectivity index is 2.77. The molecular formula is C12H15FO4. The third-order valence-electron chi connectivity index (χ3n) is 2.12. The number of aliphatic hydroxyl groups is 1. The maximum atomic E-state index is 12.9. The molecule has 5 heteroatoms. The van der Waals surface area contributed by atoms with Crippen LogP contribution in [0.25, 0.3) is 0 Å². The van der Waals surface area contributed by atoms with E-state index in [0.717, 1.165) is 6.07 Å². The molecule has 0 aliphatic carbocycles. The average Bonchev–Trinajstić information content (AvgIpc) is 2.31. The van der Waals surface area contributed by atoms with Gasteiger partial charge in [-0.3, -0.25) is 0 Å². The number of ether oxygens (including phenoxy) is 2. The Kier molecular flexibility index (Phi) is 4.90. The molecule has 1 aromatic rings. The predicted octanol–water partition coefficient (Wildman–Crippen LogP) is 1.65. The lowest BCUT2D eigenvalue weighted by atomic mass is 10.2. The van der Waals surface area contributed by atoms with Gasteiger partial charge in [-0.25, -0.2) is 9.18 Å². The van der Waals surface area contributed by atoms with Crippen LogP contribution in [0.1, 0.15) is 19.4 Å². The molecule has 0 heterocycles. The molecule has 1 N–H and O–H groups in total. The largest absolute Gasteiger partial charge is 0.479 e. The van der Waals surface area contributed by atoms with E-state index in [2.05, 4.69) is 0 Å². The molecule has 0 radical (unpaired) electrons. The summed E-state index contributed by atoms with van der Waals surface area (Å²) in [4.78, 5) is 11.3. The predicted molar refractivity (Wildman–Crippen MR) is 59.0 cm³/mol. The normalized spacial score (nSPS) is 12.0. The first-order valence-corrected chi connectivity index (χ1v) is 5.31. The lowest BCUT2D eigenvalue weighted by Gasteiger charge is -2.15. The van der Waals surface area contributed by atoms with E-state index in [0.29, 0.717) is 5.56 Å². The van der Waals surface area contributed by atoms with Gasteiger partial charge in [0.1, 0.15) is 11.6 Å². The van der Waals surface area contributed by atoms with Gasteiger partial charge in [-0.15, -0.1) is 0 Å². The maximum absolute atomic E-state index is 12.9. The van der Waals surface area contributed by atoms with E-state index in [1.54, 1.807) is 6.92 Å². The summed E-state index contributed by atoms with van der Waals surface area (Å²) in [6.45, 7) is 3.13. The monoisotopic (exact) mass is 242 g/mol. The fraction of sp³-hybridized carbons (Fsp3) is 0.417. The standard InChI is InChI=1S/C12H15FO4/c1-3-16-12(15)8(2)17-11-5-4-10(13)6-9(11)7-14/h4-6,8,14H,3,7H2,1-2H3. The van der Waals surface area contributed by atoms with Crippen LogP contribution >= 0.6 is 0 Å². The van der Waals surface area contributed by atoms with Gasteiger partial charge in [0.25, 0.3) is 0 Å². The number of hydrogen-bond donors (Lipinski definition) is 1. The van der Waals surface area contributed by atoms with E-state index >= 15 is 0 Å². The number of halogens is 1. The Hall–Kier alpha value is -1.62. The molecule has 4 nitrogen and oxygen atoms in total. The van der Waals surface area contributed by atoms with Crippen molar-refractivity contribution in [2.45, 2.75) is 26.6 Å². The summed E-state index contributed by atoms with van der Waals surface area (Å²) in [6, 6.07) is 3.73. The fourth-order valence-corrected chi connectivity index (χ4v) is 1.28. The quantitative estimate of drug-likeness (QED) is 0.798. The zero-order valence-electron chi connectivity index (χ0n) is 9.77. The van der Waals surface area contributed by atoms with Crippen molar-refractivity contribution in [1.82, 2.24) is 0 Å². The number of carbonyl (C=O) groups excluding carboxylic acids is 1. The van der Waals surface area contributed by atoms with Gasteiger partial charge in [-0.1, -0.05) is 0 Å². The van der Waals surface area contributed by atoms with Crippen molar-refractivity contribution in [2.75, 3.05) is 6.61 Å². The summed E-state index contributed by atoms with van der Waals surface area (Å²) >= 11 is 0. The summed E-state index contributed by atoms with van der Waals surface area (Å²) in [5.41, 5.74) is 0.293. The van der Waals surface area contributed by atoms with Crippen LogP contribution < -0.4 is 4.74 Å². The maximum Gasteiger partial charge on any atom is 0.347 e. The molecule has 0 aromatic heterocycles. The van der Waals surface area contributed by atoms with Crippen molar-refractivity contribution in [3.63, 3.8) is 0 Å². The van der Waals surface area contributed by atoms with Crippen molar-refractivity contribution >= 4 is 5.97 Å². The van der Waals surface area contributed by atoms with E-state index < -0.39 is 17.9 Å². The van der Waals surface area contributed by atoms with Crippen molar-refractivity contribution in [3.8, 4) is 5.75 Å². The topological polar surface area (TPSA) is 55.8 Å². The molecule has 0 aliphatic rings. The van der Waals surface area contributed by atoms with E-state index in [-0.39, 0.29) is 19.0 Å². The van der Waals surface area contributed by atoms with Gasteiger partial charge in [0.2, 0.25) is 0 Å². The van der Waals surface area contributed by atoms with Gasteiger partial charge in [0, 0.05) is 5.56 Å². The number of carbonyl (C=O) groups is 1. The molecule has 1 unspecified atom stereocenters. The van der Waals surface area contributed by atoms with Crippen LogP contribution in [0.3, 0.4) is 0 Å². The highest BCUT2D eigenvalue weighted by atomic mass is 19.1. The summed E-state index contributed by atoms with van der Waals surface area (Å²) < 4.78 is 23.0. The first-order valence-electron chi connectivity index (χ1n) is 5.31. The molecule has 1 aromatic carbocycles. The lowest BCUT2D eigenvalue weighted by Crippen LogP contribution is -2.26. The smallest absolute Gasteiger partial charge is 0.347 e. The number of benzene rings is 1. The van der Waals surface area contributed by atoms with Crippen LogP contribution in [-0.2, 0) is 16.1 Å². The Morgan fingerprint density at radius 3 is 2.82 bits per heavy atom. The van der Waals surface area contributed by atoms with Gasteiger partial charge < -0.3 is 14.6 Å². The Morgan fingerprint density at radius 1 is 1.53 bits per heavy atom. The molecular weight excluding hydrogens is 227 g/mol. The van der Waals surface area contributed by atoms with Gasteiger partial charge in [0.15, 0.2) is 6.10 Å². The Labute approximate surface area is 99.0 Å². The van der Waals surface area contributed by atoms with Crippen molar-refractivity contribution in [2.24, 2.45) is 0 Å². The SMILES string of the molecule is CCOC(=O)C(C)Oc1ccc(F)cc1CO. The highest BCUT2D eigenvalue weighted by molar-refractivity contribution is 5.74. The number of aliphatic hydroxyl groups excluding tert-OH is 1. The fourth-order valence-electron chi connectivity index (χ4n) is 1.28. The molecule has 0 amide bonds. The van der Waals surface area contributed by atoms with E-state index in [1.165, 1.54) is 19.1 Å². The minimum atomic E-state index is -0.800. The Morgan fingerprint density at radius 2 is 2.24 bits per heavy atom. The molecule has 0 bridgehead atoms. The minimum Gasteiger partial charge on any atom is -0.479 e. The summed E-state index contributed by atoms with van der Waals surface area (Å²) in [7, 11) is 0. The van der Waals surface area contributed by atoms with E-state index in [9.17, 15) is 9.18 Å². The van der Waals surface area contributed by atoms with Crippen LogP contribution in [-0.4, -0.2) is 23.8 Å². The first kappa shape index (κ1) is 13.4. The molecule has 0 fully saturated rings. The van der Waals surface area contributed by atoms with Gasteiger partial charge in [-0.2, -0.15) is 0 Å². The second-order valence-electron chi connectivity index (χ2n) is 3.42. The second kappa shape index (κ2) is 6.20. The van der Waals surface area contributed by atoms with Crippen molar-refractivity contribution < 1.29 is 23.8 Å². The molecule has 0 spiro atoms. The molecule has 17 heavy (non-hydrogen) atoms. The van der Waals surface area contributed by atoms with Crippen molar-refractivity contribution in [3.05, 3.63) is 29.6 Å². The van der Waals surface area contributed by atoms with E-state index in [1.807, 2.05) is 0 Å². The molecule has 1 rings (SSSR count). The van der Waals surface area contributed by atoms with Crippen LogP contribution in [0.4, 0.5) is 4.39 Å². The summed E-state index contributed by atoms with van der Waals surface area (Å²) in [5, 5.41) is 9.03. The van der Waals surface area contributed by atoms with Crippen molar-refractivity contribution in [1.29, 1.82) is 0 Å². The first-order chi connectivity index (χ1) is 8.08. The highest BCUT2D eigenvalue weighted by Crippen LogP contribution is 2.21. The van der Waals surface area contributed by atoms with Gasteiger partial charge in [0.05, 0.1) is 13.2 Å². The summed E-state index contributed by atoms with van der Waals surface area (Å²) in [5.74, 6) is -0.694. The number of hydrogen-bond acceptors (Lipinski definition) is 4. The molecule has 0 saturated carbocycles. The second-order valence-corrected chi connectivity index (χ2v) is 3.42. The lowest BCUT2D eigenvalue weighted by molar-refractivity contribution is -0.150.